The Balaban J connectivity index is 1.86. The summed E-state index contributed by atoms with van der Waals surface area (Å²) >= 11 is 1.61. The Morgan fingerprint density at radius 2 is 1.95 bits per heavy atom. The number of pyridine rings is 1. The minimum Gasteiger partial charge on any atom is -0.383 e. The Morgan fingerprint density at radius 3 is 2.63 bits per heavy atom. The number of aromatic nitrogens is 1. The van der Waals surface area contributed by atoms with E-state index in [0.29, 0.717) is 12.2 Å². The molecular weight excluding hydrogens is 261 g/mol. The molecule has 4 N–H and O–H groups in total. The molecule has 1 aromatic carbocycles. The zero-order valence-electron chi connectivity index (χ0n) is 10.4. The molecule has 2 rings (SSSR count). The van der Waals surface area contributed by atoms with Gasteiger partial charge in [0.05, 0.1) is 0 Å². The zero-order chi connectivity index (χ0) is 13.7. The zero-order valence-corrected chi connectivity index (χ0v) is 11.2. The third-order valence-electron chi connectivity index (χ3n) is 2.69. The van der Waals surface area contributed by atoms with E-state index in [1.165, 1.54) is 12.1 Å². The molecule has 0 fully saturated rings. The van der Waals surface area contributed by atoms with Crippen molar-refractivity contribution < 1.29 is 4.39 Å². The minimum atomic E-state index is -0.225. The van der Waals surface area contributed by atoms with Crippen molar-refractivity contribution in [1.82, 2.24) is 4.98 Å². The van der Waals surface area contributed by atoms with Crippen molar-refractivity contribution in [1.29, 1.82) is 0 Å². The number of nitrogens with zero attached hydrogens (tertiary/aromatic N) is 1. The van der Waals surface area contributed by atoms with Crippen molar-refractivity contribution >= 4 is 17.6 Å². The van der Waals surface area contributed by atoms with E-state index in [1.807, 2.05) is 12.1 Å². The van der Waals surface area contributed by atoms with E-state index < -0.39 is 0 Å². The number of nitrogens with two attached hydrogens (primary N) is 2. The number of benzene rings is 1. The largest absolute Gasteiger partial charge is 0.383 e. The van der Waals surface area contributed by atoms with Crippen LogP contribution in [-0.2, 0) is 6.42 Å². The number of hydrogen-bond donors (Lipinski definition) is 2. The molecule has 0 aliphatic carbocycles. The molecule has 100 valence electrons. The van der Waals surface area contributed by atoms with Crippen LogP contribution in [0.2, 0.25) is 0 Å². The van der Waals surface area contributed by atoms with Gasteiger partial charge in [-0.1, -0.05) is 6.07 Å². The van der Waals surface area contributed by atoms with E-state index in [4.69, 9.17) is 11.5 Å². The highest BCUT2D eigenvalue weighted by atomic mass is 32.2. The molecule has 0 aliphatic heterocycles. The van der Waals surface area contributed by atoms with Gasteiger partial charge in [-0.05, 0) is 42.3 Å². The predicted octanol–water partition coefficient (Wildman–Crippen LogP) is 2.47. The van der Waals surface area contributed by atoms with Crippen LogP contribution in [0.4, 0.5) is 10.2 Å². The summed E-state index contributed by atoms with van der Waals surface area (Å²) in [5.41, 5.74) is 12.8. The molecule has 0 saturated heterocycles. The van der Waals surface area contributed by atoms with Crippen molar-refractivity contribution in [3.05, 3.63) is 54.0 Å². The Bertz CT molecular complexity index is 530. The normalized spacial score (nSPS) is 12.3. The second-order valence-electron chi connectivity index (χ2n) is 4.28. The molecule has 5 heteroatoms. The van der Waals surface area contributed by atoms with Crippen LogP contribution < -0.4 is 11.5 Å². The number of hydrogen-bond acceptors (Lipinski definition) is 4. The van der Waals surface area contributed by atoms with Crippen LogP contribution in [0, 0.1) is 5.82 Å². The summed E-state index contributed by atoms with van der Waals surface area (Å²) < 4.78 is 12.8. The van der Waals surface area contributed by atoms with Gasteiger partial charge in [-0.2, -0.15) is 0 Å². The number of rotatable bonds is 5. The number of thioether (sulfide) groups is 1. The van der Waals surface area contributed by atoms with Crippen molar-refractivity contribution in [2.75, 3.05) is 11.5 Å². The van der Waals surface area contributed by atoms with Crippen LogP contribution >= 0.6 is 11.8 Å². The molecule has 0 aliphatic rings. The van der Waals surface area contributed by atoms with E-state index in [2.05, 4.69) is 4.98 Å². The molecular formula is C14H16FN3S. The Hall–Kier alpha value is -1.59. The van der Waals surface area contributed by atoms with E-state index in [1.54, 1.807) is 30.1 Å². The Labute approximate surface area is 116 Å². The van der Waals surface area contributed by atoms with Crippen molar-refractivity contribution in [2.45, 2.75) is 17.4 Å². The molecule has 1 aromatic heterocycles. The molecule has 19 heavy (non-hydrogen) atoms. The molecule has 0 bridgehead atoms. The van der Waals surface area contributed by atoms with Gasteiger partial charge in [0, 0.05) is 22.9 Å². The number of anilines is 1. The lowest BCUT2D eigenvalue weighted by Crippen LogP contribution is -2.26. The van der Waals surface area contributed by atoms with Gasteiger partial charge < -0.3 is 11.5 Å². The van der Waals surface area contributed by atoms with E-state index in [-0.39, 0.29) is 11.9 Å². The van der Waals surface area contributed by atoms with Gasteiger partial charge in [-0.3, -0.25) is 0 Å². The maximum Gasteiger partial charge on any atom is 0.126 e. The van der Waals surface area contributed by atoms with Gasteiger partial charge in [0.1, 0.15) is 11.6 Å². The monoisotopic (exact) mass is 277 g/mol. The first-order valence-electron chi connectivity index (χ1n) is 5.98. The summed E-state index contributed by atoms with van der Waals surface area (Å²) in [4.78, 5) is 5.04. The third kappa shape index (κ3) is 4.22. The summed E-state index contributed by atoms with van der Waals surface area (Å²) in [7, 11) is 0. The molecule has 0 amide bonds. The first-order chi connectivity index (χ1) is 9.15. The van der Waals surface area contributed by atoms with Gasteiger partial charge in [0.25, 0.3) is 0 Å². The maximum atomic E-state index is 12.8. The predicted molar refractivity (Wildman–Crippen MR) is 77.5 cm³/mol. The lowest BCUT2D eigenvalue weighted by atomic mass is 10.1. The molecule has 1 atom stereocenters. The fourth-order valence-electron chi connectivity index (χ4n) is 1.70. The van der Waals surface area contributed by atoms with Crippen LogP contribution in [0.15, 0.2) is 47.5 Å². The summed E-state index contributed by atoms with van der Waals surface area (Å²) in [5, 5.41) is 0. The molecule has 1 heterocycles. The minimum absolute atomic E-state index is 0.0125. The van der Waals surface area contributed by atoms with Gasteiger partial charge >= 0.3 is 0 Å². The first-order valence-corrected chi connectivity index (χ1v) is 6.97. The highest BCUT2D eigenvalue weighted by Crippen LogP contribution is 2.20. The first kappa shape index (κ1) is 13.8. The van der Waals surface area contributed by atoms with Crippen molar-refractivity contribution in [3.8, 4) is 0 Å². The molecule has 1 unspecified atom stereocenters. The second kappa shape index (κ2) is 6.54. The molecule has 2 aromatic rings. The van der Waals surface area contributed by atoms with Gasteiger partial charge in [-0.25, -0.2) is 9.37 Å². The highest BCUT2D eigenvalue weighted by molar-refractivity contribution is 7.99. The second-order valence-corrected chi connectivity index (χ2v) is 5.37. The van der Waals surface area contributed by atoms with E-state index in [9.17, 15) is 4.39 Å². The quantitative estimate of drug-likeness (QED) is 0.824. The smallest absolute Gasteiger partial charge is 0.126 e. The van der Waals surface area contributed by atoms with E-state index in [0.717, 1.165) is 16.2 Å². The summed E-state index contributed by atoms with van der Waals surface area (Å²) in [6.07, 6.45) is 2.35. The third-order valence-corrected chi connectivity index (χ3v) is 3.89. The van der Waals surface area contributed by atoms with Crippen LogP contribution in [0.1, 0.15) is 5.56 Å². The van der Waals surface area contributed by atoms with Crippen molar-refractivity contribution in [2.24, 2.45) is 5.73 Å². The molecule has 0 radical (unpaired) electrons. The SMILES string of the molecule is Nc1ncccc1CC(N)CSc1ccc(F)cc1. The summed E-state index contributed by atoms with van der Waals surface area (Å²) in [5.74, 6) is 1.06. The van der Waals surface area contributed by atoms with Gasteiger partial charge in [0.2, 0.25) is 0 Å². The fraction of sp³-hybridized carbons (Fsp3) is 0.214. The maximum absolute atomic E-state index is 12.8. The van der Waals surface area contributed by atoms with Crippen LogP contribution in [0.5, 0.6) is 0 Å². The summed E-state index contributed by atoms with van der Waals surface area (Å²) in [6, 6.07) is 10.2. The highest BCUT2D eigenvalue weighted by Gasteiger charge is 2.08. The fourth-order valence-corrected chi connectivity index (χ4v) is 2.55. The number of nitrogen functional groups attached to an aromatic ring is 1. The lowest BCUT2D eigenvalue weighted by Gasteiger charge is -2.12. The van der Waals surface area contributed by atoms with Crippen LogP contribution in [0.25, 0.3) is 0 Å². The average Bonchev–Trinajstić information content (AvgIpc) is 2.41. The standard InChI is InChI=1S/C14H16FN3S/c15-11-3-5-13(6-4-11)19-9-12(16)8-10-2-1-7-18-14(10)17/h1-7,12H,8-9,16H2,(H2,17,18). The van der Waals surface area contributed by atoms with Gasteiger partial charge in [0.15, 0.2) is 0 Å². The molecule has 0 saturated carbocycles. The van der Waals surface area contributed by atoms with E-state index >= 15 is 0 Å². The van der Waals surface area contributed by atoms with Crippen LogP contribution in [0.3, 0.4) is 0 Å². The Morgan fingerprint density at radius 1 is 1.21 bits per heavy atom. The molecule has 0 spiro atoms. The van der Waals surface area contributed by atoms with Crippen molar-refractivity contribution in [3.63, 3.8) is 0 Å². The number of halogens is 1. The average molecular weight is 277 g/mol. The Kier molecular flexibility index (Phi) is 4.76. The topological polar surface area (TPSA) is 64.9 Å². The van der Waals surface area contributed by atoms with Crippen LogP contribution in [-0.4, -0.2) is 16.8 Å². The summed E-state index contributed by atoms with van der Waals surface area (Å²) in [6.45, 7) is 0. The van der Waals surface area contributed by atoms with Gasteiger partial charge in [-0.15, -0.1) is 11.8 Å². The lowest BCUT2D eigenvalue weighted by molar-refractivity contribution is 0.626. The molecule has 3 nitrogen and oxygen atoms in total.